The predicted octanol–water partition coefficient (Wildman–Crippen LogP) is 6.32. The molecule has 1 aliphatic carbocycles. The smallest absolute Gasteiger partial charge is 0.335 e. The van der Waals surface area contributed by atoms with Crippen LogP contribution in [0.2, 0.25) is 5.02 Å². The maximum absolute atomic E-state index is 15.0. The van der Waals surface area contributed by atoms with Gasteiger partial charge in [0.2, 0.25) is 0 Å². The van der Waals surface area contributed by atoms with E-state index in [1.165, 1.54) is 18.2 Å². The number of hydrogen-bond acceptors (Lipinski definition) is 6. The second kappa shape index (κ2) is 11.3. The van der Waals surface area contributed by atoms with Gasteiger partial charge in [-0.1, -0.05) is 11.6 Å². The van der Waals surface area contributed by atoms with E-state index in [-0.39, 0.29) is 34.8 Å². The van der Waals surface area contributed by atoms with Gasteiger partial charge in [-0.2, -0.15) is 5.26 Å². The Morgan fingerprint density at radius 3 is 2.76 bits per heavy atom. The van der Waals surface area contributed by atoms with Crippen LogP contribution in [0.15, 0.2) is 48.7 Å². The van der Waals surface area contributed by atoms with Gasteiger partial charge < -0.3 is 14.4 Å². The third kappa shape index (κ3) is 5.80. The summed E-state index contributed by atoms with van der Waals surface area (Å²) < 4.78 is 36.6. The molecule has 8 nitrogen and oxygen atoms in total. The number of rotatable bonds is 10. The van der Waals surface area contributed by atoms with E-state index in [0.717, 1.165) is 44.0 Å². The number of nitrogens with zero attached hydrogens (tertiary/aromatic N) is 5. The number of aromatic carboxylic acids is 1. The van der Waals surface area contributed by atoms with E-state index in [0.29, 0.717) is 41.6 Å². The molecule has 1 saturated heterocycles. The molecule has 1 saturated carbocycles. The Hall–Kier alpha value is -4.07. The fourth-order valence-corrected chi connectivity index (χ4v) is 5.90. The van der Waals surface area contributed by atoms with Crippen LogP contribution in [-0.4, -0.2) is 43.6 Å². The van der Waals surface area contributed by atoms with Crippen LogP contribution in [0.3, 0.4) is 0 Å². The van der Waals surface area contributed by atoms with Crippen LogP contribution in [0.5, 0.6) is 5.75 Å². The molecule has 11 heteroatoms. The van der Waals surface area contributed by atoms with Crippen LogP contribution < -0.4 is 4.74 Å². The highest BCUT2D eigenvalue weighted by molar-refractivity contribution is 6.30. The molecule has 216 valence electrons. The minimum absolute atomic E-state index is 0.108. The molecule has 3 heterocycles. The SMILES string of the molecule is N#CCC1(Cn2c(CN3CC[C@H](c4ccnc(COc5ccc(Cl)cc5F)c4)C3)nc3c(F)cc(C(=O)O)cc32)CC1. The van der Waals surface area contributed by atoms with Gasteiger partial charge in [-0.15, -0.1) is 0 Å². The number of nitriles is 1. The highest BCUT2D eigenvalue weighted by Crippen LogP contribution is 2.50. The van der Waals surface area contributed by atoms with Crippen molar-refractivity contribution >= 4 is 28.6 Å². The lowest BCUT2D eigenvalue weighted by Crippen LogP contribution is -2.24. The molecule has 1 N–H and O–H groups in total. The fourth-order valence-electron chi connectivity index (χ4n) is 5.74. The van der Waals surface area contributed by atoms with Crippen LogP contribution in [-0.2, 0) is 19.7 Å². The largest absolute Gasteiger partial charge is 0.484 e. The van der Waals surface area contributed by atoms with Crippen molar-refractivity contribution in [3.8, 4) is 11.8 Å². The van der Waals surface area contributed by atoms with Crippen molar-refractivity contribution in [3.63, 3.8) is 0 Å². The highest BCUT2D eigenvalue weighted by atomic mass is 35.5. The minimum atomic E-state index is -1.20. The summed E-state index contributed by atoms with van der Waals surface area (Å²) in [6, 6.07) is 12.9. The number of hydrogen-bond donors (Lipinski definition) is 1. The van der Waals surface area contributed by atoms with E-state index in [2.05, 4.69) is 20.9 Å². The molecule has 6 rings (SSSR count). The van der Waals surface area contributed by atoms with E-state index in [4.69, 9.17) is 16.3 Å². The monoisotopic (exact) mass is 591 g/mol. The Morgan fingerprint density at radius 2 is 2.02 bits per heavy atom. The average Bonchev–Trinajstić information content (AvgIpc) is 3.40. The molecule has 2 aromatic carbocycles. The number of carbonyl (C=O) groups is 1. The first-order valence-electron chi connectivity index (χ1n) is 13.8. The number of aromatic nitrogens is 3. The number of fused-ring (bicyclic) bond motifs is 1. The molecule has 4 aromatic rings. The molecule has 0 unspecified atom stereocenters. The van der Waals surface area contributed by atoms with Crippen LogP contribution >= 0.6 is 11.6 Å². The zero-order valence-corrected chi connectivity index (χ0v) is 23.4. The van der Waals surface area contributed by atoms with Gasteiger partial charge in [-0.25, -0.2) is 18.6 Å². The number of ether oxygens (including phenoxy) is 1. The standard InChI is InChI=1S/C31H28ClF2N5O3/c32-22-1-2-27(24(33)14-22)42-17-23-11-19(3-9-36-23)20-4-10-38(15-20)16-28-37-29-25(34)12-21(30(40)41)13-26(29)39(28)18-31(5-6-31)7-8-35/h1-3,9,11-14,20H,4-7,10,15-18H2,(H,40,41)/t20-/m0/s1. The van der Waals surface area contributed by atoms with E-state index in [9.17, 15) is 23.9 Å². The molecular formula is C31H28ClF2N5O3. The van der Waals surface area contributed by atoms with Crippen LogP contribution in [0.1, 0.15) is 59.0 Å². The van der Waals surface area contributed by atoms with Crippen LogP contribution in [0, 0.1) is 28.4 Å². The van der Waals surface area contributed by atoms with Crippen molar-refractivity contribution in [2.24, 2.45) is 5.41 Å². The van der Waals surface area contributed by atoms with Gasteiger partial charge >= 0.3 is 5.97 Å². The molecule has 2 aliphatic rings. The Balaban J connectivity index is 1.19. The zero-order valence-electron chi connectivity index (χ0n) is 22.7. The lowest BCUT2D eigenvalue weighted by atomic mass is 9.99. The van der Waals surface area contributed by atoms with Crippen molar-refractivity contribution in [3.05, 3.63) is 88.0 Å². The van der Waals surface area contributed by atoms with Gasteiger partial charge in [-0.3, -0.25) is 9.88 Å². The quantitative estimate of drug-likeness (QED) is 0.230. The number of carboxylic acid groups (broad SMARTS) is 1. The molecule has 0 spiro atoms. The number of likely N-dealkylation sites (tertiary alicyclic amines) is 1. The Morgan fingerprint density at radius 1 is 1.19 bits per heavy atom. The number of pyridine rings is 1. The lowest BCUT2D eigenvalue weighted by molar-refractivity contribution is 0.0696. The summed E-state index contributed by atoms with van der Waals surface area (Å²) in [5, 5.41) is 19.2. The molecule has 0 radical (unpaired) electrons. The topological polar surface area (TPSA) is 104 Å². The van der Waals surface area contributed by atoms with Gasteiger partial charge in [0.15, 0.2) is 17.4 Å². The van der Waals surface area contributed by atoms with Gasteiger partial charge in [0.05, 0.1) is 29.4 Å². The summed E-state index contributed by atoms with van der Waals surface area (Å²) in [5.74, 6) is -1.41. The first-order valence-corrected chi connectivity index (χ1v) is 14.2. The molecule has 1 aliphatic heterocycles. The number of halogens is 3. The fraction of sp³-hybridized carbons (Fsp3) is 0.355. The third-order valence-corrected chi connectivity index (χ3v) is 8.49. The van der Waals surface area contributed by atoms with Crippen molar-refractivity contribution in [1.82, 2.24) is 19.4 Å². The normalized spacial score (nSPS) is 17.8. The van der Waals surface area contributed by atoms with Crippen molar-refractivity contribution < 1.29 is 23.4 Å². The molecule has 2 fully saturated rings. The molecular weight excluding hydrogens is 564 g/mol. The van der Waals surface area contributed by atoms with E-state index in [1.54, 1.807) is 12.3 Å². The minimum Gasteiger partial charge on any atom is -0.484 e. The maximum atomic E-state index is 15.0. The predicted molar refractivity (Wildman–Crippen MR) is 151 cm³/mol. The van der Waals surface area contributed by atoms with Gasteiger partial charge in [0.1, 0.15) is 17.9 Å². The lowest BCUT2D eigenvalue weighted by Gasteiger charge is -2.20. The highest BCUT2D eigenvalue weighted by Gasteiger charge is 2.43. The summed E-state index contributed by atoms with van der Waals surface area (Å²) in [4.78, 5) is 22.9. The molecule has 2 aromatic heterocycles. The van der Waals surface area contributed by atoms with Gasteiger partial charge in [0, 0.05) is 36.1 Å². The third-order valence-electron chi connectivity index (χ3n) is 8.26. The summed E-state index contributed by atoms with van der Waals surface area (Å²) >= 11 is 5.82. The maximum Gasteiger partial charge on any atom is 0.335 e. The first kappa shape index (κ1) is 28.1. The number of imidazole rings is 1. The summed E-state index contributed by atoms with van der Waals surface area (Å²) in [5.41, 5.74) is 2.05. The Bertz CT molecular complexity index is 1710. The van der Waals surface area contributed by atoms with Gasteiger partial charge in [0.25, 0.3) is 0 Å². The average molecular weight is 592 g/mol. The second-order valence-electron chi connectivity index (χ2n) is 11.2. The molecule has 0 amide bonds. The van der Waals surface area contributed by atoms with Crippen molar-refractivity contribution in [1.29, 1.82) is 5.26 Å². The van der Waals surface area contributed by atoms with Crippen LogP contribution in [0.4, 0.5) is 8.78 Å². The van der Waals surface area contributed by atoms with Gasteiger partial charge in [-0.05, 0) is 79.8 Å². The Labute approximate surface area is 246 Å². The number of benzene rings is 2. The zero-order chi connectivity index (χ0) is 29.4. The van der Waals surface area contributed by atoms with E-state index >= 15 is 0 Å². The van der Waals surface area contributed by atoms with Crippen LogP contribution in [0.25, 0.3) is 11.0 Å². The molecule has 0 bridgehead atoms. The number of carboxylic acids is 1. The van der Waals surface area contributed by atoms with E-state index in [1.807, 2.05) is 16.7 Å². The summed E-state index contributed by atoms with van der Waals surface area (Å²) in [7, 11) is 0. The van der Waals surface area contributed by atoms with Crippen molar-refractivity contribution in [2.45, 2.75) is 51.3 Å². The van der Waals surface area contributed by atoms with Crippen molar-refractivity contribution in [2.75, 3.05) is 13.1 Å². The summed E-state index contributed by atoms with van der Waals surface area (Å²) in [6.07, 6.45) is 4.79. The molecule has 1 atom stereocenters. The first-order chi connectivity index (χ1) is 20.2. The van der Waals surface area contributed by atoms with E-state index < -0.39 is 17.6 Å². The Kier molecular flexibility index (Phi) is 7.56. The second-order valence-corrected chi connectivity index (χ2v) is 11.7. The summed E-state index contributed by atoms with van der Waals surface area (Å²) in [6.45, 7) is 2.61. The molecule has 42 heavy (non-hydrogen) atoms.